The first-order valence-corrected chi connectivity index (χ1v) is 9.52. The second kappa shape index (κ2) is 5.39. The fourth-order valence-electron chi connectivity index (χ4n) is 4.64. The van der Waals surface area contributed by atoms with Gasteiger partial charge in [-0.2, -0.15) is 17.6 Å². The van der Waals surface area contributed by atoms with Crippen molar-refractivity contribution in [3.63, 3.8) is 0 Å². The molecule has 6 heteroatoms. The molecule has 3 aromatic carbocycles. The summed E-state index contributed by atoms with van der Waals surface area (Å²) in [6.45, 7) is 1.80. The Hall–Kier alpha value is -3.41. The molecular weight excluding hydrogens is 392 g/mol. The molecule has 30 heavy (non-hydrogen) atoms. The molecule has 0 amide bonds. The van der Waals surface area contributed by atoms with Gasteiger partial charge in [-0.25, -0.2) is 4.98 Å². The fourth-order valence-corrected chi connectivity index (χ4v) is 4.64. The van der Waals surface area contributed by atoms with E-state index in [-0.39, 0.29) is 16.9 Å². The van der Waals surface area contributed by atoms with Crippen LogP contribution in [0.4, 0.5) is 17.6 Å². The summed E-state index contributed by atoms with van der Waals surface area (Å²) in [6.07, 6.45) is 0. The van der Waals surface area contributed by atoms with Crippen molar-refractivity contribution in [2.24, 2.45) is 0 Å². The number of imidazole rings is 1. The van der Waals surface area contributed by atoms with Gasteiger partial charge in [0, 0.05) is 16.3 Å². The van der Waals surface area contributed by atoms with Gasteiger partial charge in [-0.1, -0.05) is 66.7 Å². The largest absolute Gasteiger partial charge is 0.356 e. The monoisotopic (exact) mass is 406 g/mol. The molecule has 0 N–H and O–H groups in total. The number of benzene rings is 3. The molecule has 1 aliphatic heterocycles. The van der Waals surface area contributed by atoms with Crippen LogP contribution in [0.25, 0.3) is 38.6 Å². The van der Waals surface area contributed by atoms with Crippen molar-refractivity contribution in [1.29, 1.82) is 0 Å². The van der Waals surface area contributed by atoms with Gasteiger partial charge in [-0.05, 0) is 17.9 Å². The van der Waals surface area contributed by atoms with E-state index in [9.17, 15) is 0 Å². The van der Waals surface area contributed by atoms with Crippen molar-refractivity contribution in [3.8, 4) is 11.3 Å². The lowest BCUT2D eigenvalue weighted by molar-refractivity contribution is -0.227. The normalized spacial score (nSPS) is 16.7. The van der Waals surface area contributed by atoms with Crippen LogP contribution in [0.1, 0.15) is 16.8 Å². The Bertz CT molecular complexity index is 1500. The highest BCUT2D eigenvalue weighted by atomic mass is 19.3. The van der Waals surface area contributed by atoms with Crippen molar-refractivity contribution >= 4 is 27.3 Å². The van der Waals surface area contributed by atoms with Gasteiger partial charge in [0.25, 0.3) is 0 Å². The predicted octanol–water partition coefficient (Wildman–Crippen LogP) is 6.81. The molecular formula is C24H14F4N2. The number of pyridine rings is 1. The summed E-state index contributed by atoms with van der Waals surface area (Å²) in [7, 11) is 0. The number of hydrogen-bond donors (Lipinski definition) is 0. The number of alkyl halides is 4. The third kappa shape index (κ3) is 1.87. The molecule has 0 aliphatic carbocycles. The molecule has 0 spiro atoms. The minimum absolute atomic E-state index is 0.101. The Morgan fingerprint density at radius 3 is 2.17 bits per heavy atom. The van der Waals surface area contributed by atoms with E-state index >= 15 is 17.6 Å². The van der Waals surface area contributed by atoms with E-state index in [1.54, 1.807) is 49.4 Å². The molecule has 0 radical (unpaired) electrons. The van der Waals surface area contributed by atoms with Crippen LogP contribution in [0, 0.1) is 6.92 Å². The molecule has 148 valence electrons. The lowest BCUT2D eigenvalue weighted by Crippen LogP contribution is -2.40. The third-order valence-corrected chi connectivity index (χ3v) is 6.00. The first-order chi connectivity index (χ1) is 14.3. The van der Waals surface area contributed by atoms with E-state index in [1.165, 1.54) is 10.5 Å². The van der Waals surface area contributed by atoms with Gasteiger partial charge in [0.15, 0.2) is 0 Å². The van der Waals surface area contributed by atoms with Gasteiger partial charge in [-0.15, -0.1) is 0 Å². The molecule has 2 aromatic heterocycles. The number of halogens is 4. The zero-order chi connectivity index (χ0) is 20.8. The Labute approximate surface area is 168 Å². The first kappa shape index (κ1) is 17.4. The van der Waals surface area contributed by atoms with Crippen LogP contribution in [0.2, 0.25) is 0 Å². The molecule has 5 aromatic rings. The highest BCUT2D eigenvalue weighted by Gasteiger charge is 2.64. The number of nitrogens with zero attached hydrogens (tertiary/aromatic N) is 2. The molecule has 0 atom stereocenters. The Morgan fingerprint density at radius 1 is 0.767 bits per heavy atom. The molecule has 6 rings (SSSR count). The lowest BCUT2D eigenvalue weighted by Gasteiger charge is -2.33. The number of aryl methyl sites for hydroxylation is 1. The zero-order valence-corrected chi connectivity index (χ0v) is 15.8. The number of rotatable bonds is 1. The second-order valence-electron chi connectivity index (χ2n) is 7.68. The highest BCUT2D eigenvalue weighted by molar-refractivity contribution is 6.14. The van der Waals surface area contributed by atoms with E-state index < -0.39 is 23.1 Å². The van der Waals surface area contributed by atoms with E-state index in [1.807, 2.05) is 12.1 Å². The lowest BCUT2D eigenvalue weighted by atomic mass is 9.89. The summed E-state index contributed by atoms with van der Waals surface area (Å²) in [5.41, 5.74) is -0.0759. The quantitative estimate of drug-likeness (QED) is 0.221. The minimum Gasteiger partial charge on any atom is -0.289 e. The van der Waals surface area contributed by atoms with E-state index in [0.29, 0.717) is 16.3 Å². The zero-order valence-electron chi connectivity index (χ0n) is 15.8. The maximum Gasteiger partial charge on any atom is 0.356 e. The fraction of sp³-hybridized carbons (Fsp3) is 0.125. The van der Waals surface area contributed by atoms with Gasteiger partial charge in [0.1, 0.15) is 11.3 Å². The number of fused-ring (bicyclic) bond motifs is 3. The Kier molecular flexibility index (Phi) is 3.13. The van der Waals surface area contributed by atoms with E-state index in [0.717, 1.165) is 17.0 Å². The Morgan fingerprint density at radius 2 is 1.43 bits per heavy atom. The van der Waals surface area contributed by atoms with Crippen LogP contribution >= 0.6 is 0 Å². The molecule has 0 saturated carbocycles. The molecule has 0 saturated heterocycles. The van der Waals surface area contributed by atoms with Crippen molar-refractivity contribution in [3.05, 3.63) is 83.6 Å². The second-order valence-corrected chi connectivity index (χ2v) is 7.68. The molecule has 1 aliphatic rings. The highest BCUT2D eigenvalue weighted by Crippen LogP contribution is 2.57. The van der Waals surface area contributed by atoms with Gasteiger partial charge in [-0.3, -0.25) is 4.40 Å². The maximum atomic E-state index is 15.4. The van der Waals surface area contributed by atoms with Gasteiger partial charge in [0.05, 0.1) is 16.8 Å². The third-order valence-electron chi connectivity index (χ3n) is 6.00. The van der Waals surface area contributed by atoms with Gasteiger partial charge in [0.2, 0.25) is 0 Å². The van der Waals surface area contributed by atoms with Crippen LogP contribution in [0.15, 0.2) is 66.7 Å². The molecule has 2 nitrogen and oxygen atoms in total. The standard InChI is InChI=1S/C24H14F4N2/c1-13-11-12-17-20-18(13)15-9-5-6-10-16(15)22-29-19(14-7-3-2-4-8-14)21(30(20)22)24(27,28)23(17,25)26/h2-12H,1H3. The average Bonchev–Trinajstić information content (AvgIpc) is 3.15. The van der Waals surface area contributed by atoms with E-state index in [2.05, 4.69) is 4.98 Å². The predicted molar refractivity (Wildman–Crippen MR) is 108 cm³/mol. The van der Waals surface area contributed by atoms with Crippen molar-refractivity contribution in [1.82, 2.24) is 9.38 Å². The summed E-state index contributed by atoms with van der Waals surface area (Å²) < 4.78 is 62.7. The van der Waals surface area contributed by atoms with Crippen molar-refractivity contribution < 1.29 is 17.6 Å². The summed E-state index contributed by atoms with van der Waals surface area (Å²) >= 11 is 0. The number of hydrogen-bond acceptors (Lipinski definition) is 1. The number of aromatic nitrogens is 2. The van der Waals surface area contributed by atoms with Crippen LogP contribution < -0.4 is 0 Å². The summed E-state index contributed by atoms with van der Waals surface area (Å²) in [5, 5.41) is 1.91. The van der Waals surface area contributed by atoms with Crippen LogP contribution in [0.3, 0.4) is 0 Å². The molecule has 3 heterocycles. The van der Waals surface area contributed by atoms with Crippen LogP contribution in [0.5, 0.6) is 0 Å². The molecule has 0 fully saturated rings. The Balaban J connectivity index is 1.99. The topological polar surface area (TPSA) is 17.3 Å². The summed E-state index contributed by atoms with van der Waals surface area (Å²) in [4.78, 5) is 4.51. The minimum atomic E-state index is -4.42. The van der Waals surface area contributed by atoms with E-state index in [4.69, 9.17) is 0 Å². The average molecular weight is 406 g/mol. The summed E-state index contributed by atoms with van der Waals surface area (Å²) in [6, 6.07) is 18.1. The van der Waals surface area contributed by atoms with Crippen molar-refractivity contribution in [2.75, 3.05) is 0 Å². The van der Waals surface area contributed by atoms with Gasteiger partial charge < -0.3 is 0 Å². The van der Waals surface area contributed by atoms with Crippen molar-refractivity contribution in [2.45, 2.75) is 18.8 Å². The van der Waals surface area contributed by atoms with Gasteiger partial charge >= 0.3 is 11.8 Å². The smallest absolute Gasteiger partial charge is 0.289 e. The van der Waals surface area contributed by atoms with Crippen LogP contribution in [-0.2, 0) is 11.8 Å². The summed E-state index contributed by atoms with van der Waals surface area (Å²) in [5.74, 6) is -8.79. The molecule has 0 bridgehead atoms. The maximum absolute atomic E-state index is 15.4. The van der Waals surface area contributed by atoms with Crippen LogP contribution in [-0.4, -0.2) is 9.38 Å². The molecule has 0 unspecified atom stereocenters. The SMILES string of the molecule is Cc1ccc2c3c1c1ccccc1c1nc(-c4ccccc4)c(n13)C(F)(F)C2(F)F. The first-order valence-electron chi connectivity index (χ1n) is 9.52.